The van der Waals surface area contributed by atoms with E-state index in [0.29, 0.717) is 31.7 Å². The first-order chi connectivity index (χ1) is 14.4. The van der Waals surface area contributed by atoms with Gasteiger partial charge in [-0.2, -0.15) is 4.31 Å². The van der Waals surface area contributed by atoms with Gasteiger partial charge in [0.15, 0.2) is 0 Å². The number of hydrogen-bond acceptors (Lipinski definition) is 5. The van der Waals surface area contributed by atoms with Crippen LogP contribution in [-0.2, 0) is 14.8 Å². The number of carbonyl (C=O) groups is 1. The maximum Gasteiger partial charge on any atom is 0.243 e. The first kappa shape index (κ1) is 22.1. The number of methoxy groups -OCH3 is 1. The molecule has 0 unspecified atom stereocenters. The summed E-state index contributed by atoms with van der Waals surface area (Å²) < 4.78 is 37.9. The lowest BCUT2D eigenvalue weighted by molar-refractivity contribution is -0.126. The summed E-state index contributed by atoms with van der Waals surface area (Å²) in [6, 6.07) is 15.4. The normalized spacial score (nSPS) is 18.4. The minimum atomic E-state index is -3.59. The molecule has 30 heavy (non-hydrogen) atoms. The van der Waals surface area contributed by atoms with Crippen LogP contribution in [0.1, 0.15) is 19.8 Å². The van der Waals surface area contributed by atoms with Crippen molar-refractivity contribution < 1.29 is 22.7 Å². The minimum absolute atomic E-state index is 0.145. The van der Waals surface area contributed by atoms with Crippen LogP contribution in [0, 0.1) is 5.92 Å². The average molecular weight is 433 g/mol. The van der Waals surface area contributed by atoms with Gasteiger partial charge in [-0.3, -0.25) is 4.79 Å². The number of ether oxygens (including phenoxy) is 2. The predicted octanol–water partition coefficient (Wildman–Crippen LogP) is 2.68. The van der Waals surface area contributed by atoms with E-state index in [1.807, 2.05) is 19.1 Å². The van der Waals surface area contributed by atoms with Gasteiger partial charge >= 0.3 is 0 Å². The summed E-state index contributed by atoms with van der Waals surface area (Å²) in [5, 5.41) is 2.94. The van der Waals surface area contributed by atoms with Gasteiger partial charge in [-0.15, -0.1) is 0 Å². The molecule has 7 nitrogen and oxygen atoms in total. The molecule has 0 saturated carbocycles. The fourth-order valence-corrected chi connectivity index (χ4v) is 4.96. The molecule has 0 bridgehead atoms. The van der Waals surface area contributed by atoms with E-state index in [1.165, 1.54) is 4.31 Å². The second-order valence-electron chi connectivity index (χ2n) is 7.41. The van der Waals surface area contributed by atoms with Crippen molar-refractivity contribution in [2.75, 3.05) is 26.8 Å². The second kappa shape index (κ2) is 9.95. The SMILES string of the molecule is COc1ccc(OC[C@@H](C)NC(=O)[C@H]2CCCN(S(=O)(=O)c3ccccc3)C2)cc1. The predicted molar refractivity (Wildman–Crippen MR) is 114 cm³/mol. The van der Waals surface area contributed by atoms with Crippen molar-refractivity contribution >= 4 is 15.9 Å². The van der Waals surface area contributed by atoms with Crippen molar-refractivity contribution in [2.24, 2.45) is 5.92 Å². The van der Waals surface area contributed by atoms with Crippen molar-refractivity contribution in [3.63, 3.8) is 0 Å². The lowest BCUT2D eigenvalue weighted by Crippen LogP contribution is -2.48. The summed E-state index contributed by atoms with van der Waals surface area (Å²) >= 11 is 0. The number of nitrogens with one attached hydrogen (secondary N) is 1. The molecule has 1 N–H and O–H groups in total. The quantitative estimate of drug-likeness (QED) is 0.693. The van der Waals surface area contributed by atoms with Crippen LogP contribution in [0.5, 0.6) is 11.5 Å². The summed E-state index contributed by atoms with van der Waals surface area (Å²) in [6.45, 7) is 2.80. The zero-order chi connectivity index (χ0) is 21.6. The molecular weight excluding hydrogens is 404 g/mol. The van der Waals surface area contributed by atoms with Gasteiger partial charge in [-0.25, -0.2) is 8.42 Å². The van der Waals surface area contributed by atoms with Crippen molar-refractivity contribution in [2.45, 2.75) is 30.7 Å². The largest absolute Gasteiger partial charge is 0.497 e. The zero-order valence-electron chi connectivity index (χ0n) is 17.3. The van der Waals surface area contributed by atoms with E-state index in [9.17, 15) is 13.2 Å². The number of hydrogen-bond donors (Lipinski definition) is 1. The Hall–Kier alpha value is -2.58. The molecule has 8 heteroatoms. The Morgan fingerprint density at radius 3 is 2.47 bits per heavy atom. The Bertz CT molecular complexity index is 932. The molecule has 1 heterocycles. The molecule has 1 aliphatic rings. The molecule has 1 aliphatic heterocycles. The third-order valence-electron chi connectivity index (χ3n) is 5.08. The fraction of sp³-hybridized carbons (Fsp3) is 0.409. The third-order valence-corrected chi connectivity index (χ3v) is 6.96. The van der Waals surface area contributed by atoms with Gasteiger partial charge in [0.05, 0.1) is 24.0 Å². The van der Waals surface area contributed by atoms with E-state index >= 15 is 0 Å². The van der Waals surface area contributed by atoms with Crippen LogP contribution in [0.2, 0.25) is 0 Å². The van der Waals surface area contributed by atoms with Crippen LogP contribution in [0.15, 0.2) is 59.5 Å². The summed E-state index contributed by atoms with van der Waals surface area (Å²) in [5.41, 5.74) is 0. The van der Waals surface area contributed by atoms with E-state index in [1.54, 1.807) is 49.6 Å². The smallest absolute Gasteiger partial charge is 0.243 e. The molecule has 1 amide bonds. The molecule has 0 aliphatic carbocycles. The number of rotatable bonds is 8. The number of amides is 1. The van der Waals surface area contributed by atoms with Crippen LogP contribution >= 0.6 is 0 Å². The van der Waals surface area contributed by atoms with E-state index in [4.69, 9.17) is 9.47 Å². The van der Waals surface area contributed by atoms with Crippen LogP contribution in [-0.4, -0.2) is 51.5 Å². The Morgan fingerprint density at radius 2 is 1.80 bits per heavy atom. The van der Waals surface area contributed by atoms with Crippen LogP contribution in [0.4, 0.5) is 0 Å². The molecule has 1 saturated heterocycles. The number of benzene rings is 2. The summed E-state index contributed by atoms with van der Waals surface area (Å²) in [6.07, 6.45) is 1.32. The highest BCUT2D eigenvalue weighted by Gasteiger charge is 2.33. The van der Waals surface area contributed by atoms with E-state index in [2.05, 4.69) is 5.32 Å². The minimum Gasteiger partial charge on any atom is -0.497 e. The Kier molecular flexibility index (Phi) is 7.33. The lowest BCUT2D eigenvalue weighted by Gasteiger charge is -2.31. The van der Waals surface area contributed by atoms with Gasteiger partial charge in [-0.1, -0.05) is 18.2 Å². The topological polar surface area (TPSA) is 84.9 Å². The second-order valence-corrected chi connectivity index (χ2v) is 9.35. The molecule has 0 aromatic heterocycles. The molecule has 0 spiro atoms. The van der Waals surface area contributed by atoms with E-state index in [0.717, 1.165) is 5.75 Å². The molecule has 162 valence electrons. The van der Waals surface area contributed by atoms with Gasteiger partial charge in [0.2, 0.25) is 15.9 Å². The summed E-state index contributed by atoms with van der Waals surface area (Å²) in [7, 11) is -1.99. The van der Waals surface area contributed by atoms with E-state index < -0.39 is 10.0 Å². The highest BCUT2D eigenvalue weighted by atomic mass is 32.2. The van der Waals surface area contributed by atoms with Crippen molar-refractivity contribution in [1.82, 2.24) is 9.62 Å². The Morgan fingerprint density at radius 1 is 1.13 bits per heavy atom. The molecule has 2 aromatic carbocycles. The number of carbonyl (C=O) groups excluding carboxylic acids is 1. The molecule has 1 fully saturated rings. The maximum absolute atomic E-state index is 12.8. The molecule has 2 atom stereocenters. The molecule has 2 aromatic rings. The Balaban J connectivity index is 1.53. The van der Waals surface area contributed by atoms with Gasteiger partial charge in [0.1, 0.15) is 18.1 Å². The number of sulfonamides is 1. The Labute approximate surface area is 178 Å². The first-order valence-corrected chi connectivity index (χ1v) is 11.5. The third kappa shape index (κ3) is 5.52. The summed E-state index contributed by atoms with van der Waals surface area (Å²) in [4.78, 5) is 13.0. The molecule has 0 radical (unpaired) electrons. The number of piperidine rings is 1. The average Bonchev–Trinajstić information content (AvgIpc) is 2.78. The molecule has 3 rings (SSSR count). The van der Waals surface area contributed by atoms with Gasteiger partial charge in [-0.05, 0) is 56.2 Å². The number of nitrogens with zero attached hydrogens (tertiary/aromatic N) is 1. The standard InChI is InChI=1S/C22H28N2O5S/c1-17(16-29-20-12-10-19(28-2)11-13-20)23-22(25)18-7-6-14-24(15-18)30(26,27)21-8-4-3-5-9-21/h3-5,8-13,17-18H,6-7,14-16H2,1-2H3,(H,23,25)/t17-,18+/m1/s1. The van der Waals surface area contributed by atoms with Gasteiger partial charge in [0.25, 0.3) is 0 Å². The van der Waals surface area contributed by atoms with Crippen LogP contribution in [0.25, 0.3) is 0 Å². The van der Waals surface area contributed by atoms with Gasteiger partial charge < -0.3 is 14.8 Å². The van der Waals surface area contributed by atoms with Crippen LogP contribution < -0.4 is 14.8 Å². The highest BCUT2D eigenvalue weighted by Crippen LogP contribution is 2.24. The van der Waals surface area contributed by atoms with Crippen molar-refractivity contribution in [3.8, 4) is 11.5 Å². The first-order valence-electron chi connectivity index (χ1n) is 10.0. The van der Waals surface area contributed by atoms with Crippen LogP contribution in [0.3, 0.4) is 0 Å². The van der Waals surface area contributed by atoms with Crippen molar-refractivity contribution in [1.29, 1.82) is 0 Å². The lowest BCUT2D eigenvalue weighted by atomic mass is 9.98. The highest BCUT2D eigenvalue weighted by molar-refractivity contribution is 7.89. The maximum atomic E-state index is 12.8. The fourth-order valence-electron chi connectivity index (χ4n) is 3.41. The van der Waals surface area contributed by atoms with Gasteiger partial charge in [0, 0.05) is 13.1 Å². The van der Waals surface area contributed by atoms with E-state index in [-0.39, 0.29) is 29.3 Å². The molecular formula is C22H28N2O5S. The monoisotopic (exact) mass is 432 g/mol. The van der Waals surface area contributed by atoms with Crippen molar-refractivity contribution in [3.05, 3.63) is 54.6 Å². The zero-order valence-corrected chi connectivity index (χ0v) is 18.1. The summed E-state index contributed by atoms with van der Waals surface area (Å²) in [5.74, 6) is 0.917.